The lowest BCUT2D eigenvalue weighted by molar-refractivity contribution is -0.133. The summed E-state index contributed by atoms with van der Waals surface area (Å²) in [6, 6.07) is 11.9. The molecule has 0 bridgehead atoms. The summed E-state index contributed by atoms with van der Waals surface area (Å²) in [5.74, 6) is 2.69. The summed E-state index contributed by atoms with van der Waals surface area (Å²) < 4.78 is 28.1. The van der Waals surface area contributed by atoms with Gasteiger partial charge < -0.3 is 39.2 Å². The molecule has 3 aromatic carbocycles. The Hall–Kier alpha value is -4.97. The van der Waals surface area contributed by atoms with E-state index in [0.29, 0.717) is 48.7 Å². The smallest absolute Gasteiger partial charge is 0.244 e. The van der Waals surface area contributed by atoms with Crippen LogP contribution >= 0.6 is 0 Å². The van der Waals surface area contributed by atoms with Crippen molar-refractivity contribution in [1.29, 1.82) is 0 Å². The number of hydrogen-bond donors (Lipinski definition) is 2. The third-order valence-electron chi connectivity index (χ3n) is 9.19. The van der Waals surface area contributed by atoms with Crippen LogP contribution < -0.4 is 39.7 Å². The fraction of sp³-hybridized carbons (Fsp3) is 0.417. The zero-order valence-electron chi connectivity index (χ0n) is 28.0. The number of hydrogen-bond acceptors (Lipinski definition) is 10. The van der Waals surface area contributed by atoms with Crippen molar-refractivity contribution < 1.29 is 33.3 Å². The molecule has 2 aliphatic heterocycles. The van der Waals surface area contributed by atoms with Crippen LogP contribution in [0.3, 0.4) is 0 Å². The van der Waals surface area contributed by atoms with Crippen LogP contribution in [-0.2, 0) is 22.6 Å². The average molecular weight is 659 g/mol. The molecule has 6 rings (SSSR count). The number of carbonyl (C=O) groups excluding carboxylic acids is 2. The average Bonchev–Trinajstić information content (AvgIpc) is 3.44. The molecule has 0 aromatic heterocycles. The van der Waals surface area contributed by atoms with E-state index < -0.39 is 12.1 Å². The van der Waals surface area contributed by atoms with Crippen molar-refractivity contribution in [3.8, 4) is 39.9 Å². The number of nitrogens with zero attached hydrogens (tertiary/aromatic N) is 2. The minimum Gasteiger partial charge on any atom is -0.493 e. The maximum absolute atomic E-state index is 13.7. The Morgan fingerprint density at radius 3 is 2.40 bits per heavy atom. The molecule has 3 aromatic rings. The van der Waals surface area contributed by atoms with Gasteiger partial charge in [0.2, 0.25) is 29.8 Å². The van der Waals surface area contributed by atoms with E-state index in [9.17, 15) is 14.4 Å². The molecule has 2 heterocycles. The molecule has 12 nitrogen and oxygen atoms in total. The van der Waals surface area contributed by atoms with E-state index in [4.69, 9.17) is 23.7 Å². The Bertz CT molecular complexity index is 1770. The Morgan fingerprint density at radius 1 is 0.938 bits per heavy atom. The number of ether oxygens (including phenoxy) is 5. The number of methoxy groups -OCH3 is 3. The van der Waals surface area contributed by atoms with Gasteiger partial charge in [0.25, 0.3) is 0 Å². The van der Waals surface area contributed by atoms with Gasteiger partial charge in [0.1, 0.15) is 6.04 Å². The van der Waals surface area contributed by atoms with Gasteiger partial charge in [0.15, 0.2) is 23.0 Å². The zero-order valence-corrected chi connectivity index (χ0v) is 28.0. The van der Waals surface area contributed by atoms with E-state index in [1.807, 2.05) is 35.2 Å². The molecular formula is C36H42N4O8. The molecular weight excluding hydrogens is 616 g/mol. The van der Waals surface area contributed by atoms with Gasteiger partial charge in [-0.1, -0.05) is 12.1 Å². The predicted molar refractivity (Wildman–Crippen MR) is 180 cm³/mol. The van der Waals surface area contributed by atoms with Crippen LogP contribution in [0.15, 0.2) is 47.3 Å². The van der Waals surface area contributed by atoms with E-state index in [1.165, 1.54) is 6.92 Å². The van der Waals surface area contributed by atoms with Crippen molar-refractivity contribution in [3.63, 3.8) is 0 Å². The molecule has 0 spiro atoms. The highest BCUT2D eigenvalue weighted by molar-refractivity contribution is 5.86. The number of carbonyl (C=O) groups is 2. The normalized spacial score (nSPS) is 17.4. The fourth-order valence-corrected chi connectivity index (χ4v) is 6.82. The van der Waals surface area contributed by atoms with Crippen molar-refractivity contribution in [2.24, 2.45) is 0 Å². The topological polar surface area (TPSA) is 128 Å². The first-order valence-corrected chi connectivity index (χ1v) is 16.1. The Balaban J connectivity index is 1.22. The molecule has 2 N–H and O–H groups in total. The summed E-state index contributed by atoms with van der Waals surface area (Å²) in [4.78, 5) is 43.7. The first-order valence-electron chi connectivity index (χ1n) is 16.1. The molecule has 1 aliphatic carbocycles. The monoisotopic (exact) mass is 658 g/mol. The minimum absolute atomic E-state index is 0.0785. The van der Waals surface area contributed by atoms with Crippen LogP contribution in [0.2, 0.25) is 0 Å². The van der Waals surface area contributed by atoms with Crippen molar-refractivity contribution in [2.75, 3.05) is 59.6 Å². The number of fused-ring (bicyclic) bond motifs is 4. The number of piperazine rings is 1. The quantitative estimate of drug-likeness (QED) is 0.351. The molecule has 1 fully saturated rings. The number of rotatable bonds is 9. The number of benzene rings is 2. The fourth-order valence-electron chi connectivity index (χ4n) is 6.82. The maximum atomic E-state index is 13.7. The van der Waals surface area contributed by atoms with Crippen LogP contribution in [0.5, 0.6) is 28.7 Å². The van der Waals surface area contributed by atoms with Crippen LogP contribution in [0.4, 0.5) is 5.69 Å². The highest BCUT2D eigenvalue weighted by atomic mass is 16.7. The number of anilines is 1. The number of amides is 2. The summed E-state index contributed by atoms with van der Waals surface area (Å²) >= 11 is 0. The van der Waals surface area contributed by atoms with Gasteiger partial charge in [-0.15, -0.1) is 0 Å². The lowest BCUT2D eigenvalue weighted by Crippen LogP contribution is -2.52. The summed E-state index contributed by atoms with van der Waals surface area (Å²) in [6.07, 6.45) is 1.16. The minimum atomic E-state index is -0.641. The molecule has 1 saturated heterocycles. The molecule has 12 heteroatoms. The molecule has 254 valence electrons. The van der Waals surface area contributed by atoms with Gasteiger partial charge in [0.05, 0.1) is 33.1 Å². The van der Waals surface area contributed by atoms with E-state index in [-0.39, 0.29) is 29.7 Å². The molecule has 3 aliphatic rings. The van der Waals surface area contributed by atoms with Gasteiger partial charge in [-0.05, 0) is 72.4 Å². The molecule has 0 radical (unpaired) electrons. The van der Waals surface area contributed by atoms with Gasteiger partial charge in [-0.25, -0.2) is 0 Å². The second-order valence-electron chi connectivity index (χ2n) is 12.3. The zero-order chi connectivity index (χ0) is 33.9. The van der Waals surface area contributed by atoms with Gasteiger partial charge >= 0.3 is 0 Å². The Morgan fingerprint density at radius 2 is 1.69 bits per heavy atom. The van der Waals surface area contributed by atoms with Gasteiger partial charge in [-0.3, -0.25) is 19.3 Å². The first kappa shape index (κ1) is 33.0. The van der Waals surface area contributed by atoms with Crippen molar-refractivity contribution in [1.82, 2.24) is 15.1 Å². The lowest BCUT2D eigenvalue weighted by atomic mass is 9.95. The molecule has 2 atom stereocenters. The van der Waals surface area contributed by atoms with E-state index >= 15 is 0 Å². The number of nitrogens with one attached hydrogen (secondary N) is 2. The largest absolute Gasteiger partial charge is 0.493 e. The van der Waals surface area contributed by atoms with Crippen molar-refractivity contribution in [3.05, 3.63) is 69.4 Å². The third-order valence-corrected chi connectivity index (χ3v) is 9.19. The first-order chi connectivity index (χ1) is 23.2. The van der Waals surface area contributed by atoms with Gasteiger partial charge in [0, 0.05) is 45.2 Å². The van der Waals surface area contributed by atoms with Crippen molar-refractivity contribution in [2.45, 2.75) is 45.3 Å². The molecule has 48 heavy (non-hydrogen) atoms. The van der Waals surface area contributed by atoms with E-state index in [0.717, 1.165) is 53.4 Å². The maximum Gasteiger partial charge on any atom is 0.244 e. The summed E-state index contributed by atoms with van der Waals surface area (Å²) in [6.45, 7) is 6.85. The standard InChI is InChI=1S/C36H42N4O8/c1-21(36(43)40-14-12-39(13-15-40)19-23-6-11-30-31(16-23)48-20-47-30)37-28-10-8-25-26(18-29(28)42)27(38-22(2)41)9-7-24-17-32(44-3)34(45-4)35(46-5)33(24)25/h6,8,10-11,16-18,21,27H,7,9,12-15,19-20H2,1-5H3,(H,37,42)(H,38,41). The summed E-state index contributed by atoms with van der Waals surface area (Å²) in [7, 11) is 4.68. The molecule has 2 unspecified atom stereocenters. The van der Waals surface area contributed by atoms with Crippen LogP contribution in [0.1, 0.15) is 43.0 Å². The van der Waals surface area contributed by atoms with Crippen LogP contribution in [0.25, 0.3) is 11.1 Å². The summed E-state index contributed by atoms with van der Waals surface area (Å²) in [5, 5.41) is 6.21. The van der Waals surface area contributed by atoms with Crippen LogP contribution in [-0.4, -0.2) is 82.0 Å². The summed E-state index contributed by atoms with van der Waals surface area (Å²) in [5.41, 5.74) is 4.21. The SMILES string of the molecule is COc1cc2c(c(OC)c1OC)-c1ccc(NC(C)C(=O)N3CCN(Cc4ccc5c(c4)OCO5)CC3)c(=O)cc1C(NC(C)=O)CC2. The third kappa shape index (κ3) is 6.57. The van der Waals surface area contributed by atoms with Crippen molar-refractivity contribution >= 4 is 17.5 Å². The van der Waals surface area contributed by atoms with E-state index in [1.54, 1.807) is 40.4 Å². The molecule has 0 saturated carbocycles. The highest BCUT2D eigenvalue weighted by Crippen LogP contribution is 2.50. The Labute approximate surface area is 279 Å². The predicted octanol–water partition coefficient (Wildman–Crippen LogP) is 3.74. The van der Waals surface area contributed by atoms with Crippen LogP contribution in [0, 0.1) is 0 Å². The second-order valence-corrected chi connectivity index (χ2v) is 12.3. The number of aryl methyl sites for hydroxylation is 1. The lowest BCUT2D eigenvalue weighted by Gasteiger charge is -2.36. The Kier molecular flexibility index (Phi) is 9.63. The highest BCUT2D eigenvalue weighted by Gasteiger charge is 2.30. The van der Waals surface area contributed by atoms with Gasteiger partial charge in [-0.2, -0.15) is 0 Å². The second kappa shape index (κ2) is 14.0. The van der Waals surface area contributed by atoms with E-state index in [2.05, 4.69) is 15.5 Å². The molecule has 2 amide bonds.